The van der Waals surface area contributed by atoms with Crippen LogP contribution in [0.5, 0.6) is 11.5 Å². The van der Waals surface area contributed by atoms with Gasteiger partial charge in [0.25, 0.3) is 0 Å². The van der Waals surface area contributed by atoms with E-state index in [1.54, 1.807) is 0 Å². The van der Waals surface area contributed by atoms with E-state index >= 15 is 0 Å². The van der Waals surface area contributed by atoms with Gasteiger partial charge < -0.3 is 14.2 Å². The molecule has 20 heavy (non-hydrogen) atoms. The van der Waals surface area contributed by atoms with E-state index in [0.29, 0.717) is 0 Å². The zero-order chi connectivity index (χ0) is 14.0. The molecule has 1 saturated heterocycles. The van der Waals surface area contributed by atoms with Gasteiger partial charge in [-0.05, 0) is 43.7 Å². The molecule has 0 N–H and O–H groups in total. The van der Waals surface area contributed by atoms with E-state index in [0.717, 1.165) is 63.1 Å². The van der Waals surface area contributed by atoms with Crippen LogP contribution in [0, 0.1) is 5.92 Å². The third kappa shape index (κ3) is 5.41. The van der Waals surface area contributed by atoms with E-state index in [1.165, 1.54) is 12.8 Å². The average molecular weight is 278 g/mol. The maximum absolute atomic E-state index is 5.83. The lowest BCUT2D eigenvalue weighted by molar-refractivity contribution is 0.0593. The molecule has 1 aromatic carbocycles. The Labute approximate surface area is 122 Å². The third-order valence-corrected chi connectivity index (χ3v) is 3.71. The van der Waals surface area contributed by atoms with Gasteiger partial charge in [0, 0.05) is 19.3 Å². The fourth-order valence-electron chi connectivity index (χ4n) is 2.37. The molecule has 2 rings (SSSR count). The zero-order valence-electron chi connectivity index (χ0n) is 12.5. The van der Waals surface area contributed by atoms with Crippen LogP contribution in [0.4, 0.5) is 0 Å². The highest BCUT2D eigenvalue weighted by Crippen LogP contribution is 2.22. The lowest BCUT2D eigenvalue weighted by Crippen LogP contribution is -2.17. The van der Waals surface area contributed by atoms with Gasteiger partial charge in [-0.15, -0.1) is 0 Å². The predicted octanol–water partition coefficient (Wildman–Crippen LogP) is 4.06. The van der Waals surface area contributed by atoms with Gasteiger partial charge in [-0.1, -0.05) is 19.4 Å². The Kier molecular flexibility index (Phi) is 6.72. The molecule has 1 aliphatic rings. The molecule has 1 aromatic rings. The van der Waals surface area contributed by atoms with Gasteiger partial charge in [-0.25, -0.2) is 0 Å². The molecule has 0 spiro atoms. The van der Waals surface area contributed by atoms with Crippen LogP contribution in [-0.4, -0.2) is 26.4 Å². The quantitative estimate of drug-likeness (QED) is 0.671. The Bertz CT molecular complexity index is 372. The van der Waals surface area contributed by atoms with Gasteiger partial charge in [-0.3, -0.25) is 0 Å². The molecule has 1 aliphatic heterocycles. The first-order chi connectivity index (χ1) is 9.88. The Morgan fingerprint density at radius 2 is 1.80 bits per heavy atom. The number of ether oxygens (including phenoxy) is 3. The SMILES string of the molecule is CCCCOc1cccc(OCCC2CCOCC2)c1. The van der Waals surface area contributed by atoms with E-state index < -0.39 is 0 Å². The molecular weight excluding hydrogens is 252 g/mol. The summed E-state index contributed by atoms with van der Waals surface area (Å²) in [5.41, 5.74) is 0. The molecule has 1 heterocycles. The van der Waals surface area contributed by atoms with Crippen LogP contribution in [0.15, 0.2) is 24.3 Å². The zero-order valence-corrected chi connectivity index (χ0v) is 12.5. The number of benzene rings is 1. The molecule has 0 bridgehead atoms. The fraction of sp³-hybridized carbons (Fsp3) is 0.647. The van der Waals surface area contributed by atoms with Crippen molar-refractivity contribution in [3.63, 3.8) is 0 Å². The van der Waals surface area contributed by atoms with E-state index in [-0.39, 0.29) is 0 Å². The molecule has 1 fully saturated rings. The number of unbranched alkanes of at least 4 members (excludes halogenated alkanes) is 1. The van der Waals surface area contributed by atoms with Crippen LogP contribution >= 0.6 is 0 Å². The molecule has 112 valence electrons. The molecule has 0 aliphatic carbocycles. The summed E-state index contributed by atoms with van der Waals surface area (Å²) in [5.74, 6) is 2.57. The summed E-state index contributed by atoms with van der Waals surface area (Å²) in [7, 11) is 0. The summed E-state index contributed by atoms with van der Waals surface area (Å²) in [6, 6.07) is 7.96. The van der Waals surface area contributed by atoms with Crippen LogP contribution in [0.3, 0.4) is 0 Å². The third-order valence-electron chi connectivity index (χ3n) is 3.71. The van der Waals surface area contributed by atoms with Crippen LogP contribution in [0.1, 0.15) is 39.0 Å². The number of hydrogen-bond acceptors (Lipinski definition) is 3. The minimum absolute atomic E-state index is 0.757. The molecule has 0 aromatic heterocycles. The monoisotopic (exact) mass is 278 g/mol. The van der Waals surface area contributed by atoms with Gasteiger partial charge in [0.05, 0.1) is 13.2 Å². The summed E-state index contributed by atoms with van der Waals surface area (Å²) in [4.78, 5) is 0. The molecule has 0 radical (unpaired) electrons. The highest BCUT2D eigenvalue weighted by Gasteiger charge is 2.13. The van der Waals surface area contributed by atoms with Crippen molar-refractivity contribution in [2.75, 3.05) is 26.4 Å². The van der Waals surface area contributed by atoms with Crippen molar-refractivity contribution >= 4 is 0 Å². The minimum atomic E-state index is 0.757. The number of rotatable bonds is 8. The van der Waals surface area contributed by atoms with Crippen molar-refractivity contribution in [1.29, 1.82) is 0 Å². The van der Waals surface area contributed by atoms with Crippen molar-refractivity contribution < 1.29 is 14.2 Å². The van der Waals surface area contributed by atoms with Crippen molar-refractivity contribution in [1.82, 2.24) is 0 Å². The van der Waals surface area contributed by atoms with E-state index in [9.17, 15) is 0 Å². The second-order valence-corrected chi connectivity index (χ2v) is 5.37. The Morgan fingerprint density at radius 3 is 2.50 bits per heavy atom. The van der Waals surface area contributed by atoms with Gasteiger partial charge in [0.15, 0.2) is 0 Å². The molecule has 0 unspecified atom stereocenters. The Hall–Kier alpha value is -1.22. The van der Waals surface area contributed by atoms with Gasteiger partial charge >= 0.3 is 0 Å². The normalized spacial score (nSPS) is 16.1. The first-order valence-electron chi connectivity index (χ1n) is 7.82. The molecule has 0 saturated carbocycles. The first-order valence-corrected chi connectivity index (χ1v) is 7.82. The van der Waals surface area contributed by atoms with Crippen molar-refractivity contribution in [3.8, 4) is 11.5 Å². The lowest BCUT2D eigenvalue weighted by Gasteiger charge is -2.21. The predicted molar refractivity (Wildman–Crippen MR) is 80.5 cm³/mol. The second kappa shape index (κ2) is 8.85. The van der Waals surface area contributed by atoms with E-state index in [4.69, 9.17) is 14.2 Å². The summed E-state index contributed by atoms with van der Waals surface area (Å²) >= 11 is 0. The summed E-state index contributed by atoms with van der Waals surface area (Å²) < 4.78 is 16.9. The van der Waals surface area contributed by atoms with Crippen LogP contribution in [0.2, 0.25) is 0 Å². The summed E-state index contributed by atoms with van der Waals surface area (Å²) in [5, 5.41) is 0. The summed E-state index contributed by atoms with van der Waals surface area (Å²) in [6.45, 7) is 5.54. The highest BCUT2D eigenvalue weighted by molar-refractivity contribution is 5.32. The lowest BCUT2D eigenvalue weighted by atomic mass is 9.97. The maximum atomic E-state index is 5.83. The molecule has 3 nitrogen and oxygen atoms in total. The molecule has 0 amide bonds. The minimum Gasteiger partial charge on any atom is -0.493 e. The molecular formula is C17H26O3. The number of hydrogen-bond donors (Lipinski definition) is 0. The van der Waals surface area contributed by atoms with E-state index in [2.05, 4.69) is 6.92 Å². The molecule has 0 atom stereocenters. The van der Waals surface area contributed by atoms with Crippen LogP contribution < -0.4 is 9.47 Å². The second-order valence-electron chi connectivity index (χ2n) is 5.37. The summed E-state index contributed by atoms with van der Waals surface area (Å²) in [6.07, 6.45) is 5.70. The Morgan fingerprint density at radius 1 is 1.10 bits per heavy atom. The largest absolute Gasteiger partial charge is 0.493 e. The van der Waals surface area contributed by atoms with Crippen LogP contribution in [-0.2, 0) is 4.74 Å². The molecule has 3 heteroatoms. The fourth-order valence-corrected chi connectivity index (χ4v) is 2.37. The Balaban J connectivity index is 1.70. The van der Waals surface area contributed by atoms with Crippen molar-refractivity contribution in [2.45, 2.75) is 39.0 Å². The van der Waals surface area contributed by atoms with Crippen LogP contribution in [0.25, 0.3) is 0 Å². The van der Waals surface area contributed by atoms with Crippen molar-refractivity contribution in [3.05, 3.63) is 24.3 Å². The maximum Gasteiger partial charge on any atom is 0.122 e. The standard InChI is InChI=1S/C17H26O3/c1-2-3-10-19-16-5-4-6-17(14-16)20-13-9-15-7-11-18-12-8-15/h4-6,14-15H,2-3,7-13H2,1H3. The van der Waals surface area contributed by atoms with Crippen molar-refractivity contribution in [2.24, 2.45) is 5.92 Å². The van der Waals surface area contributed by atoms with Gasteiger partial charge in [0.1, 0.15) is 11.5 Å². The van der Waals surface area contributed by atoms with Gasteiger partial charge in [-0.2, -0.15) is 0 Å². The first kappa shape index (κ1) is 15.2. The van der Waals surface area contributed by atoms with Gasteiger partial charge in [0.2, 0.25) is 0 Å². The van der Waals surface area contributed by atoms with E-state index in [1.807, 2.05) is 24.3 Å². The topological polar surface area (TPSA) is 27.7 Å². The average Bonchev–Trinajstić information content (AvgIpc) is 2.49. The highest BCUT2D eigenvalue weighted by atomic mass is 16.5. The smallest absolute Gasteiger partial charge is 0.122 e.